The smallest absolute Gasteiger partial charge is 0.130 e. The van der Waals surface area contributed by atoms with Crippen LogP contribution in [-0.4, -0.2) is 11.7 Å². The van der Waals surface area contributed by atoms with E-state index in [1.54, 1.807) is 6.92 Å². The van der Waals surface area contributed by atoms with Crippen molar-refractivity contribution in [2.45, 2.75) is 19.1 Å². The summed E-state index contributed by atoms with van der Waals surface area (Å²) in [5.74, 6) is -1.17. The van der Waals surface area contributed by atoms with Crippen molar-refractivity contribution in [1.29, 1.82) is 0 Å². The van der Waals surface area contributed by atoms with Crippen LogP contribution in [0.1, 0.15) is 30.2 Å². The molecule has 2 atom stereocenters. The van der Waals surface area contributed by atoms with Crippen molar-refractivity contribution in [3.63, 3.8) is 0 Å². The van der Waals surface area contributed by atoms with Crippen LogP contribution in [0.4, 0.5) is 8.78 Å². The lowest BCUT2D eigenvalue weighted by Crippen LogP contribution is -2.25. The third-order valence-corrected chi connectivity index (χ3v) is 3.68. The van der Waals surface area contributed by atoms with Gasteiger partial charge in [-0.3, -0.25) is 0 Å². The number of benzene rings is 1. The fourth-order valence-corrected chi connectivity index (χ4v) is 2.54. The van der Waals surface area contributed by atoms with Crippen LogP contribution in [0.5, 0.6) is 0 Å². The van der Waals surface area contributed by atoms with Crippen molar-refractivity contribution in [3.8, 4) is 0 Å². The zero-order chi connectivity index (χ0) is 13.8. The van der Waals surface area contributed by atoms with E-state index in [-0.39, 0.29) is 6.04 Å². The van der Waals surface area contributed by atoms with E-state index in [9.17, 15) is 13.9 Å². The van der Waals surface area contributed by atoms with Crippen LogP contribution in [0.3, 0.4) is 0 Å². The summed E-state index contributed by atoms with van der Waals surface area (Å²) in [6.45, 7) is 2.09. The third kappa shape index (κ3) is 3.59. The van der Waals surface area contributed by atoms with E-state index >= 15 is 0 Å². The Hall–Kier alpha value is -1.30. The highest BCUT2D eigenvalue weighted by Gasteiger charge is 2.14. The fourth-order valence-electron chi connectivity index (χ4n) is 1.83. The molecule has 5 heteroatoms. The standard InChI is InChI=1S/C14H15F2NOS/c1-9(12-3-2-11(15)6-13(12)16)17-7-14(18)10-4-5-19-8-10/h2-6,8-9,14,17-18H,7H2,1H3. The van der Waals surface area contributed by atoms with Crippen LogP contribution in [0.2, 0.25) is 0 Å². The van der Waals surface area contributed by atoms with Gasteiger partial charge in [0, 0.05) is 24.2 Å². The van der Waals surface area contributed by atoms with Crippen LogP contribution in [0, 0.1) is 11.6 Å². The molecule has 0 bridgehead atoms. The molecule has 0 aliphatic carbocycles. The number of hydrogen-bond donors (Lipinski definition) is 2. The largest absolute Gasteiger partial charge is 0.387 e. The molecular formula is C14H15F2NOS. The lowest BCUT2D eigenvalue weighted by molar-refractivity contribution is 0.171. The molecule has 2 N–H and O–H groups in total. The quantitative estimate of drug-likeness (QED) is 0.881. The second-order valence-corrected chi connectivity index (χ2v) is 5.15. The van der Waals surface area contributed by atoms with E-state index < -0.39 is 17.7 Å². The maximum Gasteiger partial charge on any atom is 0.130 e. The molecule has 0 amide bonds. The molecule has 1 aromatic carbocycles. The summed E-state index contributed by atoms with van der Waals surface area (Å²) in [6, 6.07) is 5.06. The molecule has 1 aromatic heterocycles. The van der Waals surface area contributed by atoms with Gasteiger partial charge in [0.2, 0.25) is 0 Å². The van der Waals surface area contributed by atoms with Crippen molar-refractivity contribution >= 4 is 11.3 Å². The molecule has 102 valence electrons. The summed E-state index contributed by atoms with van der Waals surface area (Å²) in [6.07, 6.45) is -0.628. The van der Waals surface area contributed by atoms with Gasteiger partial charge in [0.25, 0.3) is 0 Å². The molecule has 0 fully saturated rings. The maximum atomic E-state index is 13.6. The Morgan fingerprint density at radius 2 is 2.11 bits per heavy atom. The number of nitrogens with one attached hydrogen (secondary N) is 1. The van der Waals surface area contributed by atoms with E-state index in [1.807, 2.05) is 16.8 Å². The average molecular weight is 283 g/mol. The van der Waals surface area contributed by atoms with Crippen molar-refractivity contribution in [2.75, 3.05) is 6.54 Å². The zero-order valence-electron chi connectivity index (χ0n) is 10.4. The second-order valence-electron chi connectivity index (χ2n) is 4.37. The Kier molecular flexibility index (Phi) is 4.63. The summed E-state index contributed by atoms with van der Waals surface area (Å²) in [5.41, 5.74) is 1.23. The third-order valence-electron chi connectivity index (χ3n) is 2.97. The first-order valence-corrected chi connectivity index (χ1v) is 6.90. The minimum Gasteiger partial charge on any atom is -0.387 e. The first-order chi connectivity index (χ1) is 9.08. The molecule has 0 saturated heterocycles. The highest BCUT2D eigenvalue weighted by Crippen LogP contribution is 2.20. The molecule has 2 rings (SSSR count). The average Bonchev–Trinajstić information content (AvgIpc) is 2.89. The summed E-state index contributed by atoms with van der Waals surface area (Å²) >= 11 is 1.51. The maximum absolute atomic E-state index is 13.6. The fraction of sp³-hybridized carbons (Fsp3) is 0.286. The molecule has 0 saturated carbocycles. The highest BCUT2D eigenvalue weighted by atomic mass is 32.1. The first-order valence-electron chi connectivity index (χ1n) is 5.96. The van der Waals surface area contributed by atoms with Gasteiger partial charge in [-0.2, -0.15) is 11.3 Å². The minimum absolute atomic E-state index is 0.297. The van der Waals surface area contributed by atoms with Crippen molar-refractivity contribution in [2.24, 2.45) is 0 Å². The zero-order valence-corrected chi connectivity index (χ0v) is 11.3. The Labute approximate surface area is 114 Å². The number of aliphatic hydroxyl groups excluding tert-OH is 1. The topological polar surface area (TPSA) is 32.3 Å². The van der Waals surface area contributed by atoms with Crippen molar-refractivity contribution < 1.29 is 13.9 Å². The number of aliphatic hydroxyl groups is 1. The Morgan fingerprint density at radius 1 is 1.32 bits per heavy atom. The number of halogens is 2. The number of hydrogen-bond acceptors (Lipinski definition) is 3. The van der Waals surface area contributed by atoms with Gasteiger partial charge in [-0.05, 0) is 35.4 Å². The predicted molar refractivity (Wildman–Crippen MR) is 72.1 cm³/mol. The van der Waals surface area contributed by atoms with Crippen LogP contribution >= 0.6 is 11.3 Å². The van der Waals surface area contributed by atoms with Gasteiger partial charge in [-0.25, -0.2) is 8.78 Å². The Bertz CT molecular complexity index is 530. The summed E-state index contributed by atoms with van der Waals surface area (Å²) in [5, 5.41) is 16.7. The summed E-state index contributed by atoms with van der Waals surface area (Å²) in [7, 11) is 0. The van der Waals surface area contributed by atoms with Gasteiger partial charge in [0.1, 0.15) is 11.6 Å². The minimum atomic E-state index is -0.628. The molecule has 0 spiro atoms. The van der Waals surface area contributed by atoms with Gasteiger partial charge in [-0.15, -0.1) is 0 Å². The lowest BCUT2D eigenvalue weighted by atomic mass is 10.1. The molecule has 0 aliphatic heterocycles. The van der Waals surface area contributed by atoms with Crippen molar-refractivity contribution in [1.82, 2.24) is 5.32 Å². The van der Waals surface area contributed by atoms with Gasteiger partial charge in [-0.1, -0.05) is 6.07 Å². The molecule has 2 unspecified atom stereocenters. The van der Waals surface area contributed by atoms with E-state index in [0.29, 0.717) is 12.1 Å². The molecule has 0 radical (unpaired) electrons. The van der Waals surface area contributed by atoms with Crippen LogP contribution < -0.4 is 5.32 Å². The van der Waals surface area contributed by atoms with Gasteiger partial charge in [0.05, 0.1) is 6.10 Å². The van der Waals surface area contributed by atoms with Gasteiger partial charge in [0.15, 0.2) is 0 Å². The van der Waals surface area contributed by atoms with Crippen LogP contribution in [0.15, 0.2) is 35.0 Å². The normalized spacial score (nSPS) is 14.3. The molecule has 2 nitrogen and oxygen atoms in total. The Balaban J connectivity index is 1.96. The monoisotopic (exact) mass is 283 g/mol. The summed E-state index contributed by atoms with van der Waals surface area (Å²) in [4.78, 5) is 0. The summed E-state index contributed by atoms with van der Waals surface area (Å²) < 4.78 is 26.4. The SMILES string of the molecule is CC(NCC(O)c1ccsc1)c1ccc(F)cc1F. The molecule has 0 aliphatic rings. The molecule has 2 aromatic rings. The predicted octanol–water partition coefficient (Wildman–Crippen LogP) is 3.41. The molecular weight excluding hydrogens is 268 g/mol. The van der Waals surface area contributed by atoms with E-state index in [1.165, 1.54) is 23.5 Å². The molecule has 1 heterocycles. The van der Waals surface area contributed by atoms with E-state index in [0.717, 1.165) is 11.6 Å². The lowest BCUT2D eigenvalue weighted by Gasteiger charge is -2.17. The van der Waals surface area contributed by atoms with Crippen LogP contribution in [0.25, 0.3) is 0 Å². The number of rotatable bonds is 5. The van der Waals surface area contributed by atoms with Gasteiger partial charge >= 0.3 is 0 Å². The molecule has 19 heavy (non-hydrogen) atoms. The number of thiophene rings is 1. The van der Waals surface area contributed by atoms with E-state index in [4.69, 9.17) is 0 Å². The van der Waals surface area contributed by atoms with Gasteiger partial charge < -0.3 is 10.4 Å². The van der Waals surface area contributed by atoms with Crippen molar-refractivity contribution in [3.05, 3.63) is 57.8 Å². The van der Waals surface area contributed by atoms with Crippen LogP contribution in [-0.2, 0) is 0 Å². The Morgan fingerprint density at radius 3 is 2.74 bits per heavy atom. The highest BCUT2D eigenvalue weighted by molar-refractivity contribution is 7.07. The first kappa shape index (κ1) is 14.1. The van der Waals surface area contributed by atoms with E-state index in [2.05, 4.69) is 5.32 Å². The second kappa shape index (κ2) is 6.23.